The molecule has 1 unspecified atom stereocenters. The van der Waals surface area contributed by atoms with Crippen LogP contribution >= 0.6 is 0 Å². The molecule has 4 saturated carbocycles. The average molecular weight is 464 g/mol. The second-order valence-corrected chi connectivity index (χ2v) is 10.7. The van der Waals surface area contributed by atoms with Crippen LogP contribution in [-0.2, 0) is 22.6 Å². The molecule has 4 aliphatic carbocycles. The number of nitrogens with one attached hydrogen (secondary N) is 1. The molecule has 1 atom stereocenters. The number of amides is 1. The topological polar surface area (TPSA) is 84.9 Å². The van der Waals surface area contributed by atoms with Gasteiger partial charge in [-0.25, -0.2) is 9.59 Å². The number of rotatable bonds is 8. The molecular weight excluding hydrogens is 430 g/mol. The molecule has 2 aromatic carbocycles. The van der Waals surface area contributed by atoms with E-state index in [-0.39, 0.29) is 12.5 Å². The number of hydrogen-bond acceptors (Lipinski definition) is 4. The highest BCUT2D eigenvalue weighted by Gasteiger charge is 2.50. The summed E-state index contributed by atoms with van der Waals surface area (Å²) >= 11 is 0. The van der Waals surface area contributed by atoms with Crippen molar-refractivity contribution < 1.29 is 24.2 Å². The Bertz CT molecular complexity index is 993. The molecule has 6 nitrogen and oxygen atoms in total. The zero-order valence-electron chi connectivity index (χ0n) is 19.6. The largest absolute Gasteiger partial charge is 0.489 e. The van der Waals surface area contributed by atoms with E-state index in [4.69, 9.17) is 9.47 Å². The number of carboxylic acid groups (broad SMARTS) is 1. The summed E-state index contributed by atoms with van der Waals surface area (Å²) in [7, 11) is 0. The summed E-state index contributed by atoms with van der Waals surface area (Å²) in [5.74, 6) is 2.06. The molecule has 180 valence electrons. The van der Waals surface area contributed by atoms with Crippen LogP contribution in [0.15, 0.2) is 54.6 Å². The summed E-state index contributed by atoms with van der Waals surface area (Å²) < 4.78 is 11.7. The maximum atomic E-state index is 12.8. The van der Waals surface area contributed by atoms with Crippen LogP contribution in [-0.4, -0.2) is 28.8 Å². The first-order valence-corrected chi connectivity index (χ1v) is 12.4. The van der Waals surface area contributed by atoms with Gasteiger partial charge in [-0.05, 0) is 86.0 Å². The van der Waals surface area contributed by atoms with Gasteiger partial charge in [0, 0.05) is 6.42 Å². The highest BCUT2D eigenvalue weighted by molar-refractivity contribution is 5.84. The lowest BCUT2D eigenvalue weighted by molar-refractivity contribution is -0.144. The first-order valence-electron chi connectivity index (χ1n) is 12.4. The van der Waals surface area contributed by atoms with Crippen LogP contribution in [0.25, 0.3) is 0 Å². The molecule has 4 fully saturated rings. The molecular formula is C28H33NO5. The Morgan fingerprint density at radius 1 is 0.912 bits per heavy atom. The van der Waals surface area contributed by atoms with Crippen LogP contribution in [0.2, 0.25) is 0 Å². The summed E-state index contributed by atoms with van der Waals surface area (Å²) in [5.41, 5.74) is 0.411. The fraction of sp³-hybridized carbons (Fsp3) is 0.500. The smallest absolute Gasteiger partial charge is 0.408 e. The number of hydrogen-bond donors (Lipinski definition) is 2. The average Bonchev–Trinajstić information content (AvgIpc) is 2.81. The lowest BCUT2D eigenvalue weighted by atomic mass is 9.55. The van der Waals surface area contributed by atoms with Gasteiger partial charge in [0.05, 0.1) is 0 Å². The Hall–Kier alpha value is -3.02. The fourth-order valence-electron chi connectivity index (χ4n) is 6.47. The molecule has 4 bridgehead atoms. The third-order valence-electron chi connectivity index (χ3n) is 7.96. The van der Waals surface area contributed by atoms with Crippen molar-refractivity contribution in [2.24, 2.45) is 23.7 Å². The van der Waals surface area contributed by atoms with E-state index in [1.54, 1.807) is 0 Å². The van der Waals surface area contributed by atoms with Crippen LogP contribution in [0.5, 0.6) is 5.75 Å². The number of aliphatic carboxylic acids is 1. The van der Waals surface area contributed by atoms with Crippen molar-refractivity contribution in [1.29, 1.82) is 0 Å². The van der Waals surface area contributed by atoms with E-state index >= 15 is 0 Å². The van der Waals surface area contributed by atoms with E-state index in [2.05, 4.69) is 5.32 Å². The predicted molar refractivity (Wildman–Crippen MR) is 127 cm³/mol. The minimum atomic E-state index is -1.46. The van der Waals surface area contributed by atoms with Gasteiger partial charge in [0.25, 0.3) is 0 Å². The molecule has 6 heteroatoms. The molecule has 0 heterocycles. The Labute approximate surface area is 200 Å². The minimum absolute atomic E-state index is 0.0770. The molecule has 2 aromatic rings. The van der Waals surface area contributed by atoms with Crippen molar-refractivity contribution >= 4 is 12.1 Å². The maximum absolute atomic E-state index is 12.8. The van der Waals surface area contributed by atoms with E-state index in [0.29, 0.717) is 24.2 Å². The number of carbonyl (C=O) groups excluding carboxylic acids is 1. The Kier molecular flexibility index (Phi) is 6.24. The second kappa shape index (κ2) is 9.32. The molecule has 0 radical (unpaired) electrons. The Balaban J connectivity index is 1.18. The van der Waals surface area contributed by atoms with Gasteiger partial charge in [-0.2, -0.15) is 0 Å². The lowest BCUT2D eigenvalue weighted by Gasteiger charge is -2.53. The van der Waals surface area contributed by atoms with Crippen molar-refractivity contribution in [3.63, 3.8) is 0 Å². The van der Waals surface area contributed by atoms with E-state index in [1.165, 1.54) is 13.3 Å². The van der Waals surface area contributed by atoms with Crippen LogP contribution in [0, 0.1) is 23.7 Å². The number of carbonyl (C=O) groups is 2. The van der Waals surface area contributed by atoms with Gasteiger partial charge in [-0.15, -0.1) is 0 Å². The quantitative estimate of drug-likeness (QED) is 0.562. The molecule has 1 amide bonds. The zero-order valence-corrected chi connectivity index (χ0v) is 19.6. The summed E-state index contributed by atoms with van der Waals surface area (Å²) in [6, 6.07) is 17.2. The van der Waals surface area contributed by atoms with Crippen molar-refractivity contribution in [3.05, 3.63) is 65.7 Å². The van der Waals surface area contributed by atoms with Gasteiger partial charge in [0.1, 0.15) is 24.0 Å². The van der Waals surface area contributed by atoms with Crippen molar-refractivity contribution in [3.8, 4) is 5.75 Å². The summed E-state index contributed by atoms with van der Waals surface area (Å²) in [6.07, 6.45) is 5.34. The van der Waals surface area contributed by atoms with Gasteiger partial charge in [0.2, 0.25) is 0 Å². The third kappa shape index (κ3) is 4.91. The minimum Gasteiger partial charge on any atom is -0.489 e. The second-order valence-electron chi connectivity index (χ2n) is 10.7. The van der Waals surface area contributed by atoms with E-state index in [1.807, 2.05) is 54.6 Å². The molecule has 0 saturated heterocycles. The molecule has 4 aliphatic rings. The molecule has 0 aromatic heterocycles. The van der Waals surface area contributed by atoms with Crippen molar-refractivity contribution in [2.75, 3.05) is 0 Å². The first-order chi connectivity index (χ1) is 16.4. The fourth-order valence-corrected chi connectivity index (χ4v) is 6.47. The van der Waals surface area contributed by atoms with Crippen molar-refractivity contribution in [1.82, 2.24) is 5.32 Å². The normalized spacial score (nSPS) is 28.7. The lowest BCUT2D eigenvalue weighted by Crippen LogP contribution is -2.56. The van der Waals surface area contributed by atoms with Gasteiger partial charge in [-0.3, -0.25) is 0 Å². The number of ether oxygens (including phenoxy) is 2. The summed E-state index contributed by atoms with van der Waals surface area (Å²) in [5, 5.41) is 12.6. The highest BCUT2D eigenvalue weighted by Crippen LogP contribution is 2.54. The number of alkyl carbamates (subject to hydrolysis) is 1. The van der Waals surface area contributed by atoms with Crippen LogP contribution in [0.3, 0.4) is 0 Å². The van der Waals surface area contributed by atoms with Crippen LogP contribution in [0.1, 0.15) is 50.2 Å². The van der Waals surface area contributed by atoms with Gasteiger partial charge < -0.3 is 19.9 Å². The molecule has 0 aliphatic heterocycles. The molecule has 2 N–H and O–H groups in total. The van der Waals surface area contributed by atoms with Crippen molar-refractivity contribution in [2.45, 2.75) is 63.7 Å². The molecule has 34 heavy (non-hydrogen) atoms. The highest BCUT2D eigenvalue weighted by atomic mass is 16.6. The third-order valence-corrected chi connectivity index (χ3v) is 7.96. The number of benzene rings is 2. The van der Waals surface area contributed by atoms with Gasteiger partial charge in [0.15, 0.2) is 0 Å². The standard InChI is InChI=1S/C28H33NO5/c1-28(26(30)31,16-18-7-9-24(10-8-18)33-17-19-5-3-2-4-6-19)29-27(32)34-25-22-12-20-11-21(14-22)15-23(25)13-20/h2-10,20-23,25H,11-17H2,1H3,(H,29,32)(H,30,31). The van der Waals surface area contributed by atoms with Crippen LogP contribution < -0.4 is 10.1 Å². The van der Waals surface area contributed by atoms with Crippen LogP contribution in [0.4, 0.5) is 4.79 Å². The zero-order chi connectivity index (χ0) is 23.7. The monoisotopic (exact) mass is 463 g/mol. The summed E-state index contributed by atoms with van der Waals surface area (Å²) in [6.45, 7) is 2.00. The van der Waals surface area contributed by atoms with Gasteiger partial charge in [-0.1, -0.05) is 42.5 Å². The van der Waals surface area contributed by atoms with E-state index in [0.717, 1.165) is 48.6 Å². The first kappa shape index (κ1) is 22.8. The Morgan fingerprint density at radius 3 is 2.12 bits per heavy atom. The molecule has 0 spiro atoms. The Morgan fingerprint density at radius 2 is 1.53 bits per heavy atom. The van der Waals surface area contributed by atoms with E-state index < -0.39 is 17.6 Å². The predicted octanol–water partition coefficient (Wildman–Crippen LogP) is 5.20. The molecule has 6 rings (SSSR count). The van der Waals surface area contributed by atoms with Gasteiger partial charge >= 0.3 is 12.1 Å². The SMILES string of the molecule is CC(Cc1ccc(OCc2ccccc2)cc1)(NC(=O)OC1C2CC3CC(C2)CC1C3)C(=O)O. The van der Waals surface area contributed by atoms with E-state index in [9.17, 15) is 14.7 Å². The number of carboxylic acids is 1. The maximum Gasteiger partial charge on any atom is 0.408 e. The summed E-state index contributed by atoms with van der Waals surface area (Å²) in [4.78, 5) is 24.9.